The minimum Gasteiger partial charge on any atom is -0.491 e. The predicted octanol–water partition coefficient (Wildman–Crippen LogP) is 1.26. The molecule has 17 heavy (non-hydrogen) atoms. The first kappa shape index (κ1) is 13.2. The molecule has 0 spiro atoms. The van der Waals surface area contributed by atoms with E-state index in [1.165, 1.54) is 0 Å². The van der Waals surface area contributed by atoms with E-state index in [1.807, 2.05) is 0 Å². The van der Waals surface area contributed by atoms with E-state index in [0.29, 0.717) is 6.29 Å². The van der Waals surface area contributed by atoms with Gasteiger partial charge in [-0.2, -0.15) is 0 Å². The Labute approximate surface area is 94.3 Å². The van der Waals surface area contributed by atoms with Gasteiger partial charge < -0.3 is 15.2 Å². The minimum atomic E-state index is -4.91. The molecule has 0 atom stereocenters. The maximum Gasteiger partial charge on any atom is 0.574 e. The number of nitrogens with zero attached hydrogens (tertiary/aromatic N) is 1. The third-order valence-electron chi connectivity index (χ3n) is 1.88. The number of aldehydes is 1. The van der Waals surface area contributed by atoms with Crippen molar-refractivity contribution in [3.63, 3.8) is 0 Å². The van der Waals surface area contributed by atoms with Crippen molar-refractivity contribution < 1.29 is 27.4 Å². The molecule has 1 aromatic heterocycles. The third kappa shape index (κ3) is 3.06. The average Bonchev–Trinajstić information content (AvgIpc) is 2.26. The standard InChI is InChI=1S/C9H9F3N2O3/c1-16-7-6(4-15)5(2-13)3-14-8(7)17-9(10,11)12/h3-4H,2,13H2,1H3. The molecule has 8 heteroatoms. The van der Waals surface area contributed by atoms with Crippen molar-refractivity contribution in [2.24, 2.45) is 5.73 Å². The molecule has 0 aromatic carbocycles. The summed E-state index contributed by atoms with van der Waals surface area (Å²) in [6.07, 6.45) is -3.54. The average molecular weight is 250 g/mol. The quantitative estimate of drug-likeness (QED) is 0.814. The Morgan fingerprint density at radius 2 is 2.18 bits per heavy atom. The van der Waals surface area contributed by atoms with Crippen LogP contribution in [0.4, 0.5) is 13.2 Å². The normalized spacial score (nSPS) is 11.1. The predicted molar refractivity (Wildman–Crippen MR) is 50.8 cm³/mol. The molecule has 1 aromatic rings. The fraction of sp³-hybridized carbons (Fsp3) is 0.333. The van der Waals surface area contributed by atoms with Crippen molar-refractivity contribution >= 4 is 6.29 Å². The van der Waals surface area contributed by atoms with Crippen molar-refractivity contribution in [2.75, 3.05) is 7.11 Å². The zero-order valence-corrected chi connectivity index (χ0v) is 8.75. The lowest BCUT2D eigenvalue weighted by Crippen LogP contribution is -2.19. The van der Waals surface area contributed by atoms with Crippen LogP contribution in [-0.4, -0.2) is 24.7 Å². The highest BCUT2D eigenvalue weighted by atomic mass is 19.4. The second-order valence-corrected chi connectivity index (χ2v) is 2.91. The highest BCUT2D eigenvalue weighted by molar-refractivity contribution is 5.82. The van der Waals surface area contributed by atoms with E-state index in [4.69, 9.17) is 5.73 Å². The van der Waals surface area contributed by atoms with E-state index in [0.717, 1.165) is 13.3 Å². The Bertz CT molecular complexity index is 421. The SMILES string of the molecule is COc1c(OC(F)(F)F)ncc(CN)c1C=O. The molecule has 0 aliphatic carbocycles. The van der Waals surface area contributed by atoms with E-state index in [-0.39, 0.29) is 23.4 Å². The molecular formula is C9H9F3N2O3. The summed E-state index contributed by atoms with van der Waals surface area (Å²) in [4.78, 5) is 14.2. The van der Waals surface area contributed by atoms with Gasteiger partial charge in [-0.25, -0.2) is 4.98 Å². The Morgan fingerprint density at radius 1 is 1.53 bits per heavy atom. The highest BCUT2D eigenvalue weighted by Gasteiger charge is 2.34. The number of alkyl halides is 3. The molecule has 1 rings (SSSR count). The van der Waals surface area contributed by atoms with E-state index in [2.05, 4.69) is 14.5 Å². The van der Waals surface area contributed by atoms with Crippen LogP contribution >= 0.6 is 0 Å². The lowest BCUT2D eigenvalue weighted by molar-refractivity contribution is -0.276. The number of carbonyl (C=O) groups excluding carboxylic acids is 1. The van der Waals surface area contributed by atoms with Crippen LogP contribution in [-0.2, 0) is 6.54 Å². The van der Waals surface area contributed by atoms with Gasteiger partial charge in [-0.15, -0.1) is 13.2 Å². The van der Waals surface area contributed by atoms with Gasteiger partial charge in [0.2, 0.25) is 0 Å². The van der Waals surface area contributed by atoms with Gasteiger partial charge in [0.05, 0.1) is 12.7 Å². The second-order valence-electron chi connectivity index (χ2n) is 2.91. The number of methoxy groups -OCH3 is 1. The molecule has 0 bridgehead atoms. The molecule has 0 radical (unpaired) electrons. The number of nitrogens with two attached hydrogens (primary N) is 1. The van der Waals surface area contributed by atoms with E-state index >= 15 is 0 Å². The Kier molecular flexibility index (Phi) is 3.89. The lowest BCUT2D eigenvalue weighted by Gasteiger charge is -2.14. The minimum absolute atomic E-state index is 0.0519. The fourth-order valence-electron chi connectivity index (χ4n) is 1.20. The monoisotopic (exact) mass is 250 g/mol. The summed E-state index contributed by atoms with van der Waals surface area (Å²) < 4.78 is 44.4. The number of aromatic nitrogens is 1. The summed E-state index contributed by atoms with van der Waals surface area (Å²) in [6.45, 7) is -0.0519. The number of hydrogen-bond acceptors (Lipinski definition) is 5. The summed E-state index contributed by atoms with van der Waals surface area (Å²) in [6, 6.07) is 0. The lowest BCUT2D eigenvalue weighted by atomic mass is 10.1. The van der Waals surface area contributed by atoms with Gasteiger partial charge in [0.1, 0.15) is 0 Å². The van der Waals surface area contributed by atoms with Gasteiger partial charge in [0.15, 0.2) is 12.0 Å². The molecule has 0 saturated carbocycles. The largest absolute Gasteiger partial charge is 0.574 e. The number of pyridine rings is 1. The van der Waals surface area contributed by atoms with Crippen molar-refractivity contribution in [2.45, 2.75) is 12.9 Å². The summed E-state index contributed by atoms with van der Waals surface area (Å²) in [5, 5.41) is 0. The molecule has 0 aliphatic heterocycles. The Balaban J connectivity index is 3.28. The van der Waals surface area contributed by atoms with Gasteiger partial charge in [-0.3, -0.25) is 4.79 Å². The molecule has 0 amide bonds. The van der Waals surface area contributed by atoms with Gasteiger partial charge in [0, 0.05) is 12.7 Å². The Hall–Kier alpha value is -1.83. The molecule has 0 saturated heterocycles. The first-order valence-electron chi connectivity index (χ1n) is 4.39. The summed E-state index contributed by atoms with van der Waals surface area (Å²) in [5.74, 6) is -1.21. The number of ether oxygens (including phenoxy) is 2. The van der Waals surface area contributed by atoms with E-state index in [1.54, 1.807) is 0 Å². The van der Waals surface area contributed by atoms with Crippen molar-refractivity contribution in [1.82, 2.24) is 4.98 Å². The van der Waals surface area contributed by atoms with E-state index < -0.39 is 12.2 Å². The van der Waals surface area contributed by atoms with Crippen LogP contribution in [0.3, 0.4) is 0 Å². The molecule has 5 nitrogen and oxygen atoms in total. The first-order valence-corrected chi connectivity index (χ1v) is 4.39. The number of rotatable bonds is 4. The zero-order chi connectivity index (χ0) is 13.1. The molecule has 0 fully saturated rings. The van der Waals surface area contributed by atoms with Gasteiger partial charge in [-0.05, 0) is 5.56 Å². The van der Waals surface area contributed by atoms with E-state index in [9.17, 15) is 18.0 Å². The third-order valence-corrected chi connectivity index (χ3v) is 1.88. The van der Waals surface area contributed by atoms with Gasteiger partial charge in [0.25, 0.3) is 5.88 Å². The molecule has 94 valence electrons. The van der Waals surface area contributed by atoms with Crippen LogP contribution in [0.25, 0.3) is 0 Å². The van der Waals surface area contributed by atoms with Crippen molar-refractivity contribution in [1.29, 1.82) is 0 Å². The summed E-state index contributed by atoms with van der Waals surface area (Å²) in [5.41, 5.74) is 5.47. The summed E-state index contributed by atoms with van der Waals surface area (Å²) in [7, 11) is 1.10. The van der Waals surface area contributed by atoms with Crippen molar-refractivity contribution in [3.8, 4) is 11.6 Å². The van der Waals surface area contributed by atoms with Crippen molar-refractivity contribution in [3.05, 3.63) is 17.3 Å². The van der Waals surface area contributed by atoms with Gasteiger partial charge in [-0.1, -0.05) is 0 Å². The van der Waals surface area contributed by atoms with Crippen LogP contribution in [0.5, 0.6) is 11.6 Å². The van der Waals surface area contributed by atoms with Crippen LogP contribution < -0.4 is 15.2 Å². The number of halogens is 3. The van der Waals surface area contributed by atoms with Crippen LogP contribution in [0.15, 0.2) is 6.20 Å². The molecule has 1 heterocycles. The maximum atomic E-state index is 12.0. The topological polar surface area (TPSA) is 74.4 Å². The first-order chi connectivity index (χ1) is 7.92. The molecule has 2 N–H and O–H groups in total. The van der Waals surface area contributed by atoms with Crippen LogP contribution in [0.1, 0.15) is 15.9 Å². The highest BCUT2D eigenvalue weighted by Crippen LogP contribution is 2.33. The summed E-state index contributed by atoms with van der Waals surface area (Å²) >= 11 is 0. The van der Waals surface area contributed by atoms with Crippen LogP contribution in [0, 0.1) is 0 Å². The zero-order valence-electron chi connectivity index (χ0n) is 8.75. The molecule has 0 unspecified atom stereocenters. The Morgan fingerprint density at radius 3 is 2.59 bits per heavy atom. The molecule has 0 aliphatic rings. The fourth-order valence-corrected chi connectivity index (χ4v) is 1.20. The second kappa shape index (κ2) is 5.00. The smallest absolute Gasteiger partial charge is 0.491 e. The van der Waals surface area contributed by atoms with Gasteiger partial charge >= 0.3 is 6.36 Å². The maximum absolute atomic E-state index is 12.0. The van der Waals surface area contributed by atoms with Crippen LogP contribution in [0.2, 0.25) is 0 Å². The molecular weight excluding hydrogens is 241 g/mol. The number of carbonyl (C=O) groups is 1. The number of hydrogen-bond donors (Lipinski definition) is 1.